The summed E-state index contributed by atoms with van der Waals surface area (Å²) in [6.45, 7) is 4.06. The van der Waals surface area contributed by atoms with E-state index in [4.69, 9.17) is 4.74 Å². The highest BCUT2D eigenvalue weighted by Crippen LogP contribution is 2.24. The van der Waals surface area contributed by atoms with Crippen molar-refractivity contribution in [1.82, 2.24) is 15.3 Å². The first kappa shape index (κ1) is 20.9. The molecule has 0 aliphatic heterocycles. The van der Waals surface area contributed by atoms with Crippen LogP contribution in [0.25, 0.3) is 0 Å². The minimum atomic E-state index is -0.0478. The molecule has 3 rings (SSSR count). The maximum absolute atomic E-state index is 12.5. The highest BCUT2D eigenvalue weighted by atomic mass is 16.5. The van der Waals surface area contributed by atoms with Crippen molar-refractivity contribution in [2.45, 2.75) is 51.6 Å². The van der Waals surface area contributed by atoms with Crippen molar-refractivity contribution >= 4 is 17.7 Å². The number of carbonyl (C=O) groups is 1. The fraction of sp³-hybridized carbons (Fsp3) is 0.500. The Bertz CT molecular complexity index is 860. The predicted molar refractivity (Wildman–Crippen MR) is 116 cm³/mol. The number of rotatable bonds is 6. The third-order valence-corrected chi connectivity index (χ3v) is 5.51. The van der Waals surface area contributed by atoms with Crippen molar-refractivity contribution in [2.24, 2.45) is 0 Å². The number of benzene rings is 1. The van der Waals surface area contributed by atoms with Gasteiger partial charge in [0.2, 0.25) is 5.95 Å². The Morgan fingerprint density at radius 3 is 2.45 bits per heavy atom. The van der Waals surface area contributed by atoms with Crippen LogP contribution in [0.5, 0.6) is 5.75 Å². The molecule has 2 N–H and O–H groups in total. The van der Waals surface area contributed by atoms with Gasteiger partial charge in [-0.1, -0.05) is 6.07 Å². The molecule has 0 bridgehead atoms. The lowest BCUT2D eigenvalue weighted by molar-refractivity contribution is 0.0926. The second-order valence-electron chi connectivity index (χ2n) is 7.87. The lowest BCUT2D eigenvalue weighted by Crippen LogP contribution is -2.40. The standard InChI is InChI=1S/C22H31N5O2/c1-14-15(2)23-22(26-20(14)27(3)4)25-18-11-9-17(10-12-18)24-21(28)16-7-6-8-19(13-16)29-5/h6-8,13,17-18H,9-12H2,1-5H3,(H,24,28)(H,23,25,26). The number of hydrogen-bond acceptors (Lipinski definition) is 6. The Morgan fingerprint density at radius 1 is 1.10 bits per heavy atom. The van der Waals surface area contributed by atoms with E-state index in [1.54, 1.807) is 13.2 Å². The number of aromatic nitrogens is 2. The number of ether oxygens (including phenoxy) is 1. The van der Waals surface area contributed by atoms with E-state index in [9.17, 15) is 4.79 Å². The zero-order chi connectivity index (χ0) is 21.0. The van der Waals surface area contributed by atoms with Crippen LogP contribution in [0.2, 0.25) is 0 Å². The van der Waals surface area contributed by atoms with Crippen LogP contribution in [-0.4, -0.2) is 49.2 Å². The topological polar surface area (TPSA) is 79.4 Å². The van der Waals surface area contributed by atoms with E-state index in [0.717, 1.165) is 42.8 Å². The highest BCUT2D eigenvalue weighted by molar-refractivity contribution is 5.94. The third-order valence-electron chi connectivity index (χ3n) is 5.51. The first-order valence-electron chi connectivity index (χ1n) is 10.1. The van der Waals surface area contributed by atoms with Crippen molar-refractivity contribution in [3.63, 3.8) is 0 Å². The van der Waals surface area contributed by atoms with Crippen LogP contribution < -0.4 is 20.3 Å². The number of carbonyl (C=O) groups excluding carboxylic acids is 1. The summed E-state index contributed by atoms with van der Waals surface area (Å²) in [7, 11) is 5.59. The van der Waals surface area contributed by atoms with Gasteiger partial charge in [-0.15, -0.1) is 0 Å². The summed E-state index contributed by atoms with van der Waals surface area (Å²) in [4.78, 5) is 23.8. The van der Waals surface area contributed by atoms with E-state index in [2.05, 4.69) is 20.6 Å². The SMILES string of the molecule is COc1cccc(C(=O)NC2CCC(Nc3nc(C)c(C)c(N(C)C)n3)CC2)c1. The van der Waals surface area contributed by atoms with Gasteiger partial charge in [-0.3, -0.25) is 4.79 Å². The normalized spacial score (nSPS) is 18.8. The molecule has 7 heteroatoms. The molecular formula is C22H31N5O2. The molecule has 1 fully saturated rings. The van der Waals surface area contributed by atoms with Crippen LogP contribution in [0, 0.1) is 13.8 Å². The van der Waals surface area contributed by atoms with E-state index in [0.29, 0.717) is 23.3 Å². The van der Waals surface area contributed by atoms with Crippen molar-refractivity contribution < 1.29 is 9.53 Å². The number of nitrogens with one attached hydrogen (secondary N) is 2. The number of nitrogens with zero attached hydrogens (tertiary/aromatic N) is 3. The number of anilines is 2. The average Bonchev–Trinajstić information content (AvgIpc) is 2.71. The van der Waals surface area contributed by atoms with Crippen molar-refractivity contribution in [1.29, 1.82) is 0 Å². The van der Waals surface area contributed by atoms with Crippen LogP contribution in [0.4, 0.5) is 11.8 Å². The van der Waals surface area contributed by atoms with Gasteiger partial charge < -0.3 is 20.3 Å². The zero-order valence-electron chi connectivity index (χ0n) is 18.0. The maximum Gasteiger partial charge on any atom is 0.251 e. The molecule has 0 atom stereocenters. The molecule has 2 aromatic rings. The van der Waals surface area contributed by atoms with Gasteiger partial charge in [-0.2, -0.15) is 4.98 Å². The summed E-state index contributed by atoms with van der Waals surface area (Å²) in [6, 6.07) is 7.75. The number of hydrogen-bond donors (Lipinski definition) is 2. The van der Waals surface area contributed by atoms with E-state index >= 15 is 0 Å². The van der Waals surface area contributed by atoms with Gasteiger partial charge >= 0.3 is 0 Å². The molecular weight excluding hydrogens is 366 g/mol. The molecule has 0 saturated heterocycles. The van der Waals surface area contributed by atoms with Crippen molar-refractivity contribution in [3.8, 4) is 5.75 Å². The third kappa shape index (κ3) is 5.16. The first-order chi connectivity index (χ1) is 13.9. The number of methoxy groups -OCH3 is 1. The van der Waals surface area contributed by atoms with Crippen molar-refractivity contribution in [2.75, 3.05) is 31.4 Å². The molecule has 0 spiro atoms. The van der Waals surface area contributed by atoms with Crippen LogP contribution in [0.3, 0.4) is 0 Å². The Hall–Kier alpha value is -2.83. The monoisotopic (exact) mass is 397 g/mol. The molecule has 0 radical (unpaired) electrons. The predicted octanol–water partition coefficient (Wildman–Crippen LogP) is 3.32. The largest absolute Gasteiger partial charge is 0.497 e. The van der Waals surface area contributed by atoms with E-state index in [1.165, 1.54) is 0 Å². The average molecular weight is 398 g/mol. The summed E-state index contributed by atoms with van der Waals surface area (Å²) >= 11 is 0. The molecule has 7 nitrogen and oxygen atoms in total. The Balaban J connectivity index is 1.55. The fourth-order valence-electron chi connectivity index (χ4n) is 3.71. The summed E-state index contributed by atoms with van der Waals surface area (Å²) in [5.41, 5.74) is 2.72. The van der Waals surface area contributed by atoms with Crippen molar-refractivity contribution in [3.05, 3.63) is 41.1 Å². The van der Waals surface area contributed by atoms with Gasteiger partial charge in [0.25, 0.3) is 5.91 Å². The summed E-state index contributed by atoms with van der Waals surface area (Å²) < 4.78 is 5.20. The molecule has 1 heterocycles. The van der Waals surface area contributed by atoms with Gasteiger partial charge in [0.15, 0.2) is 0 Å². The van der Waals surface area contributed by atoms with Crippen LogP contribution in [0.1, 0.15) is 47.3 Å². The molecule has 1 aromatic heterocycles. The lowest BCUT2D eigenvalue weighted by atomic mass is 9.91. The minimum absolute atomic E-state index is 0.0478. The maximum atomic E-state index is 12.5. The first-order valence-corrected chi connectivity index (χ1v) is 10.1. The molecule has 1 aliphatic rings. The van der Waals surface area contributed by atoms with E-state index in [-0.39, 0.29) is 11.9 Å². The van der Waals surface area contributed by atoms with Gasteiger partial charge in [-0.25, -0.2) is 4.98 Å². The summed E-state index contributed by atoms with van der Waals surface area (Å²) in [6.07, 6.45) is 3.80. The van der Waals surface area contributed by atoms with Crippen LogP contribution in [0.15, 0.2) is 24.3 Å². The highest BCUT2D eigenvalue weighted by Gasteiger charge is 2.24. The Labute approximate surface area is 172 Å². The van der Waals surface area contributed by atoms with E-state index < -0.39 is 0 Å². The zero-order valence-corrected chi connectivity index (χ0v) is 18.0. The lowest BCUT2D eigenvalue weighted by Gasteiger charge is -2.30. The van der Waals surface area contributed by atoms with Gasteiger partial charge in [0.1, 0.15) is 11.6 Å². The molecule has 0 unspecified atom stereocenters. The molecule has 156 valence electrons. The van der Waals surface area contributed by atoms with Crippen LogP contribution >= 0.6 is 0 Å². The fourth-order valence-corrected chi connectivity index (χ4v) is 3.71. The Kier molecular flexibility index (Phi) is 6.56. The van der Waals surface area contributed by atoms with E-state index in [1.807, 2.05) is 51.0 Å². The summed E-state index contributed by atoms with van der Waals surface area (Å²) in [5.74, 6) is 2.27. The van der Waals surface area contributed by atoms with Gasteiger partial charge in [-0.05, 0) is 57.7 Å². The molecule has 1 saturated carbocycles. The smallest absolute Gasteiger partial charge is 0.251 e. The molecule has 1 aliphatic carbocycles. The van der Waals surface area contributed by atoms with Gasteiger partial charge in [0.05, 0.1) is 7.11 Å². The van der Waals surface area contributed by atoms with Crippen LogP contribution in [-0.2, 0) is 0 Å². The van der Waals surface area contributed by atoms with Gasteiger partial charge in [0, 0.05) is 43.0 Å². The molecule has 1 aromatic carbocycles. The second kappa shape index (κ2) is 9.11. The number of amides is 1. The Morgan fingerprint density at radius 2 is 1.79 bits per heavy atom. The second-order valence-corrected chi connectivity index (χ2v) is 7.87. The quantitative estimate of drug-likeness (QED) is 0.778. The molecule has 1 amide bonds. The molecule has 29 heavy (non-hydrogen) atoms. The summed E-state index contributed by atoms with van der Waals surface area (Å²) in [5, 5.41) is 6.64. The number of aryl methyl sites for hydroxylation is 1. The minimum Gasteiger partial charge on any atom is -0.497 e.